The molecule has 0 saturated carbocycles. The summed E-state index contributed by atoms with van der Waals surface area (Å²) in [5.41, 5.74) is 0.267. The van der Waals surface area contributed by atoms with Crippen molar-refractivity contribution in [1.29, 1.82) is 0 Å². The van der Waals surface area contributed by atoms with E-state index < -0.39 is 23.6 Å². The molecule has 0 spiro atoms. The molecule has 37 heavy (non-hydrogen) atoms. The van der Waals surface area contributed by atoms with Crippen LogP contribution in [0.15, 0.2) is 24.3 Å². The number of amides is 3. The Labute approximate surface area is 218 Å². The lowest BCUT2D eigenvalue weighted by molar-refractivity contribution is -0.252. The number of ether oxygens (including phenoxy) is 3. The standard InChI is InChI=1S/C26H41FN4O6/c1-28-16-23(14-19-6-5-12-36-18-19)30-24(32)31-11-4-8-21(17-31)26(34,20-7-3-9-22(27)15-20)37-13-10-29-25(33)35-2/h3,7,9,15,19,21,23,28,34H,4-6,8,10-14,16-18H2,1-2H3,(H,29,33)(H,30,32)/t19?,21-,23+,26+/m1/s1. The van der Waals surface area contributed by atoms with Gasteiger partial charge in [-0.05, 0) is 57.2 Å². The van der Waals surface area contributed by atoms with Gasteiger partial charge in [0.05, 0.1) is 13.7 Å². The first kappa shape index (κ1) is 29.1. The number of likely N-dealkylation sites (N-methyl/N-ethyl adjacent to an activating group) is 1. The van der Waals surface area contributed by atoms with E-state index in [0.717, 1.165) is 25.9 Å². The number of alkyl carbamates (subject to hydrolysis) is 1. The molecule has 11 heteroatoms. The molecule has 3 amide bonds. The van der Waals surface area contributed by atoms with Crippen LogP contribution in [0.2, 0.25) is 0 Å². The lowest BCUT2D eigenvalue weighted by Crippen LogP contribution is -2.54. The van der Waals surface area contributed by atoms with Crippen molar-refractivity contribution >= 4 is 12.1 Å². The number of urea groups is 1. The Kier molecular flexibility index (Phi) is 11.4. The molecular weight excluding hydrogens is 483 g/mol. The van der Waals surface area contributed by atoms with Gasteiger partial charge in [0, 0.05) is 56.9 Å². The second kappa shape index (κ2) is 14.5. The molecule has 2 heterocycles. The Morgan fingerprint density at radius 2 is 2.16 bits per heavy atom. The summed E-state index contributed by atoms with van der Waals surface area (Å²) in [5, 5.41) is 20.5. The smallest absolute Gasteiger partial charge is 0.406 e. The molecule has 2 aliphatic heterocycles. The Balaban J connectivity index is 1.68. The Hall–Kier alpha value is -2.47. The van der Waals surface area contributed by atoms with E-state index in [1.807, 2.05) is 7.05 Å². The Morgan fingerprint density at radius 1 is 1.32 bits per heavy atom. The average molecular weight is 525 g/mol. The second-order valence-electron chi connectivity index (χ2n) is 9.78. The third kappa shape index (κ3) is 8.53. The van der Waals surface area contributed by atoms with Crippen LogP contribution in [0.1, 0.15) is 37.7 Å². The number of likely N-dealkylation sites (tertiary alicyclic amines) is 1. The number of hydrogen-bond donors (Lipinski definition) is 4. The molecule has 3 rings (SSSR count). The molecule has 2 saturated heterocycles. The van der Waals surface area contributed by atoms with E-state index in [-0.39, 0.29) is 37.3 Å². The van der Waals surface area contributed by atoms with Crippen LogP contribution >= 0.6 is 0 Å². The number of benzene rings is 1. The minimum atomic E-state index is -1.84. The molecule has 0 aromatic heterocycles. The molecule has 10 nitrogen and oxygen atoms in total. The maximum atomic E-state index is 14.1. The van der Waals surface area contributed by atoms with Crippen LogP contribution in [-0.2, 0) is 20.0 Å². The van der Waals surface area contributed by atoms with Gasteiger partial charge in [-0.25, -0.2) is 14.0 Å². The summed E-state index contributed by atoms with van der Waals surface area (Å²) in [6.45, 7) is 3.00. The fraction of sp³-hybridized carbons (Fsp3) is 0.692. The number of hydrogen-bond acceptors (Lipinski definition) is 7. The summed E-state index contributed by atoms with van der Waals surface area (Å²) < 4.78 is 30.1. The number of carbonyl (C=O) groups excluding carboxylic acids is 2. The normalized spacial score (nSPS) is 22.5. The minimum Gasteiger partial charge on any atom is -0.453 e. The van der Waals surface area contributed by atoms with Crippen LogP contribution < -0.4 is 16.0 Å². The minimum absolute atomic E-state index is 0.0293. The molecule has 2 aliphatic rings. The van der Waals surface area contributed by atoms with E-state index in [0.29, 0.717) is 38.5 Å². The summed E-state index contributed by atoms with van der Waals surface area (Å²) >= 11 is 0. The van der Waals surface area contributed by atoms with Crippen molar-refractivity contribution < 1.29 is 33.3 Å². The van der Waals surface area contributed by atoms with Crippen molar-refractivity contribution in [2.75, 3.05) is 60.2 Å². The van der Waals surface area contributed by atoms with Gasteiger partial charge in [-0.2, -0.15) is 0 Å². The highest BCUT2D eigenvalue weighted by Gasteiger charge is 2.43. The fourth-order valence-corrected chi connectivity index (χ4v) is 5.16. The quantitative estimate of drug-likeness (QED) is 0.259. The van der Waals surface area contributed by atoms with Crippen LogP contribution in [0.5, 0.6) is 0 Å². The van der Waals surface area contributed by atoms with Crippen molar-refractivity contribution in [3.8, 4) is 0 Å². The van der Waals surface area contributed by atoms with Gasteiger partial charge in [0.2, 0.25) is 0 Å². The van der Waals surface area contributed by atoms with E-state index in [9.17, 15) is 19.1 Å². The molecule has 4 N–H and O–H groups in total. The maximum Gasteiger partial charge on any atom is 0.406 e. The third-order valence-electron chi connectivity index (χ3n) is 7.03. The first-order chi connectivity index (χ1) is 17.9. The Morgan fingerprint density at radius 3 is 2.86 bits per heavy atom. The van der Waals surface area contributed by atoms with Gasteiger partial charge in [-0.1, -0.05) is 12.1 Å². The Bertz CT molecular complexity index is 871. The molecular formula is C26H41FN4O6. The molecule has 208 valence electrons. The third-order valence-corrected chi connectivity index (χ3v) is 7.03. The molecule has 1 aromatic rings. The zero-order valence-corrected chi connectivity index (χ0v) is 21.8. The zero-order valence-electron chi connectivity index (χ0n) is 21.8. The van der Waals surface area contributed by atoms with Crippen molar-refractivity contribution in [3.05, 3.63) is 35.6 Å². The van der Waals surface area contributed by atoms with Crippen LogP contribution in [0.25, 0.3) is 0 Å². The lowest BCUT2D eigenvalue weighted by atomic mass is 9.85. The topological polar surface area (TPSA) is 121 Å². The van der Waals surface area contributed by atoms with Gasteiger partial charge in [0.25, 0.3) is 0 Å². The maximum absolute atomic E-state index is 14.1. The van der Waals surface area contributed by atoms with Crippen molar-refractivity contribution in [2.45, 2.75) is 43.9 Å². The number of carbonyl (C=O) groups is 2. The highest BCUT2D eigenvalue weighted by molar-refractivity contribution is 5.74. The first-order valence-electron chi connectivity index (χ1n) is 13.1. The number of nitrogens with one attached hydrogen (secondary N) is 3. The van der Waals surface area contributed by atoms with E-state index in [2.05, 4.69) is 20.7 Å². The lowest BCUT2D eigenvalue weighted by Gasteiger charge is -2.42. The largest absolute Gasteiger partial charge is 0.453 e. The SMILES string of the molecule is CNC[C@H](CC1CCCOC1)NC(=O)N1CCC[C@@H]([C@@](O)(OCCNC(=O)OC)c2cccc(F)c2)C1. The number of rotatable bonds is 11. The van der Waals surface area contributed by atoms with Gasteiger partial charge in [0.15, 0.2) is 5.79 Å². The number of piperidine rings is 1. The van der Waals surface area contributed by atoms with Gasteiger partial charge in [-0.3, -0.25) is 0 Å². The first-order valence-corrected chi connectivity index (χ1v) is 13.1. The molecule has 2 fully saturated rings. The van der Waals surface area contributed by atoms with E-state index in [1.165, 1.54) is 25.3 Å². The van der Waals surface area contributed by atoms with Gasteiger partial charge >= 0.3 is 12.1 Å². The summed E-state index contributed by atoms with van der Waals surface area (Å²) in [6, 6.07) is 5.40. The van der Waals surface area contributed by atoms with Crippen LogP contribution in [0.3, 0.4) is 0 Å². The second-order valence-corrected chi connectivity index (χ2v) is 9.78. The molecule has 0 bridgehead atoms. The van der Waals surface area contributed by atoms with Crippen LogP contribution in [0.4, 0.5) is 14.0 Å². The van der Waals surface area contributed by atoms with Crippen LogP contribution in [0, 0.1) is 17.7 Å². The zero-order chi connectivity index (χ0) is 26.7. The molecule has 1 unspecified atom stereocenters. The molecule has 0 radical (unpaired) electrons. The van der Waals surface area contributed by atoms with Gasteiger partial charge < -0.3 is 40.2 Å². The number of methoxy groups -OCH3 is 1. The van der Waals surface area contributed by atoms with Gasteiger partial charge in [-0.15, -0.1) is 0 Å². The van der Waals surface area contributed by atoms with Crippen LogP contribution in [-0.4, -0.2) is 88.3 Å². The molecule has 0 aliphatic carbocycles. The summed E-state index contributed by atoms with van der Waals surface area (Å²) in [6.07, 6.45) is 3.58. The summed E-state index contributed by atoms with van der Waals surface area (Å²) in [5.74, 6) is -2.44. The summed E-state index contributed by atoms with van der Waals surface area (Å²) in [7, 11) is 3.12. The average Bonchev–Trinajstić information content (AvgIpc) is 2.91. The number of halogens is 1. The van der Waals surface area contributed by atoms with E-state index in [4.69, 9.17) is 9.47 Å². The highest BCUT2D eigenvalue weighted by Crippen LogP contribution is 2.37. The molecule has 4 atom stereocenters. The molecule has 1 aromatic carbocycles. The predicted octanol–water partition coefficient (Wildman–Crippen LogP) is 2.17. The van der Waals surface area contributed by atoms with Crippen molar-refractivity contribution in [1.82, 2.24) is 20.9 Å². The van der Waals surface area contributed by atoms with Crippen molar-refractivity contribution in [3.63, 3.8) is 0 Å². The number of aliphatic hydroxyl groups is 1. The summed E-state index contributed by atoms with van der Waals surface area (Å²) in [4.78, 5) is 26.3. The van der Waals surface area contributed by atoms with Gasteiger partial charge in [0.1, 0.15) is 5.82 Å². The predicted molar refractivity (Wildman–Crippen MR) is 135 cm³/mol. The van der Waals surface area contributed by atoms with Crippen molar-refractivity contribution in [2.24, 2.45) is 11.8 Å². The highest BCUT2D eigenvalue weighted by atomic mass is 19.1. The van der Waals surface area contributed by atoms with E-state index >= 15 is 0 Å². The monoisotopic (exact) mass is 524 g/mol. The number of nitrogens with zero attached hydrogens (tertiary/aromatic N) is 1. The fourth-order valence-electron chi connectivity index (χ4n) is 5.16. The van der Waals surface area contributed by atoms with E-state index in [1.54, 1.807) is 11.0 Å².